The fourth-order valence-corrected chi connectivity index (χ4v) is 5.40. The molecule has 9 nitrogen and oxygen atoms in total. The molecule has 0 aliphatic carbocycles. The number of hydrogen-bond acceptors (Lipinski definition) is 6. The molecule has 0 radical (unpaired) electrons. The minimum atomic E-state index is -3.76. The van der Waals surface area contributed by atoms with Crippen LogP contribution in [0.2, 0.25) is 0 Å². The van der Waals surface area contributed by atoms with Crippen molar-refractivity contribution in [2.75, 3.05) is 35.2 Å². The summed E-state index contributed by atoms with van der Waals surface area (Å²) in [5.74, 6) is 0.497. The van der Waals surface area contributed by atoms with Crippen LogP contribution < -0.4 is 24.4 Å². The van der Waals surface area contributed by atoms with Crippen LogP contribution >= 0.6 is 0 Å². The lowest BCUT2D eigenvalue weighted by Crippen LogP contribution is -2.29. The zero-order valence-electron chi connectivity index (χ0n) is 21.7. The first-order valence-corrected chi connectivity index (χ1v) is 14.0. The van der Waals surface area contributed by atoms with Gasteiger partial charge in [0.2, 0.25) is 0 Å². The molecule has 0 saturated heterocycles. The van der Waals surface area contributed by atoms with Crippen LogP contribution in [0.1, 0.15) is 15.9 Å². The molecule has 40 heavy (non-hydrogen) atoms. The molecule has 2 N–H and O–H groups in total. The SMILES string of the molecule is COc1ccc(C(=O)N2CCc3ccc(NC(=O)COc4ccc(S(=O)(=O)Nc5ccccc5)cc4)cc32)cc1. The number of methoxy groups -OCH3 is 1. The Hall–Kier alpha value is -4.83. The Kier molecular flexibility index (Phi) is 7.70. The molecule has 4 aromatic rings. The van der Waals surface area contributed by atoms with Crippen LogP contribution in [0.25, 0.3) is 0 Å². The molecule has 0 spiro atoms. The zero-order valence-corrected chi connectivity index (χ0v) is 22.5. The van der Waals surface area contributed by atoms with Crippen molar-refractivity contribution in [3.05, 3.63) is 108 Å². The van der Waals surface area contributed by atoms with Crippen molar-refractivity contribution >= 4 is 38.9 Å². The van der Waals surface area contributed by atoms with E-state index in [1.165, 1.54) is 24.3 Å². The summed E-state index contributed by atoms with van der Waals surface area (Å²) in [5.41, 5.74) is 3.31. The highest BCUT2D eigenvalue weighted by molar-refractivity contribution is 7.92. The average Bonchev–Trinajstić information content (AvgIpc) is 3.39. The van der Waals surface area contributed by atoms with Gasteiger partial charge in [0, 0.05) is 29.2 Å². The van der Waals surface area contributed by atoms with E-state index in [4.69, 9.17) is 9.47 Å². The number of amides is 2. The van der Waals surface area contributed by atoms with Gasteiger partial charge in [-0.25, -0.2) is 8.42 Å². The minimum absolute atomic E-state index is 0.0695. The van der Waals surface area contributed by atoms with Gasteiger partial charge in [-0.15, -0.1) is 0 Å². The lowest BCUT2D eigenvalue weighted by Gasteiger charge is -2.18. The van der Waals surface area contributed by atoms with E-state index in [0.717, 1.165) is 17.7 Å². The fraction of sp³-hybridized carbons (Fsp3) is 0.133. The largest absolute Gasteiger partial charge is 0.497 e. The van der Waals surface area contributed by atoms with Gasteiger partial charge in [-0.1, -0.05) is 24.3 Å². The lowest BCUT2D eigenvalue weighted by molar-refractivity contribution is -0.118. The van der Waals surface area contributed by atoms with Crippen LogP contribution in [0.4, 0.5) is 17.1 Å². The Bertz CT molecular complexity index is 1620. The Balaban J connectivity index is 1.18. The van der Waals surface area contributed by atoms with Gasteiger partial charge in [-0.05, 0) is 84.8 Å². The number of nitrogens with zero attached hydrogens (tertiary/aromatic N) is 1. The third kappa shape index (κ3) is 6.08. The van der Waals surface area contributed by atoms with Crippen LogP contribution in [0.5, 0.6) is 11.5 Å². The van der Waals surface area contributed by atoms with E-state index in [-0.39, 0.29) is 17.4 Å². The van der Waals surface area contributed by atoms with Crippen molar-refractivity contribution in [2.24, 2.45) is 0 Å². The number of benzene rings is 4. The third-order valence-electron chi connectivity index (χ3n) is 6.38. The number of fused-ring (bicyclic) bond motifs is 1. The van der Waals surface area contributed by atoms with Crippen LogP contribution in [0, 0.1) is 0 Å². The number of hydrogen-bond donors (Lipinski definition) is 2. The monoisotopic (exact) mass is 557 g/mol. The average molecular weight is 558 g/mol. The second-order valence-electron chi connectivity index (χ2n) is 9.06. The Morgan fingerprint density at radius 2 is 1.55 bits per heavy atom. The van der Waals surface area contributed by atoms with E-state index in [1.54, 1.807) is 78.7 Å². The van der Waals surface area contributed by atoms with Gasteiger partial charge in [0.1, 0.15) is 11.5 Å². The van der Waals surface area contributed by atoms with E-state index < -0.39 is 15.9 Å². The van der Waals surface area contributed by atoms with Crippen molar-refractivity contribution in [2.45, 2.75) is 11.3 Å². The summed E-state index contributed by atoms with van der Waals surface area (Å²) in [6.07, 6.45) is 0.723. The number of carbonyl (C=O) groups excluding carboxylic acids is 2. The standard InChI is InChI=1S/C30H27N3O6S/c1-38-25-11-8-22(9-12-25)30(35)33-18-17-21-7-10-24(19-28(21)33)31-29(34)20-39-26-13-15-27(16-14-26)40(36,37)32-23-5-3-2-4-6-23/h2-16,19,32H,17-18,20H2,1H3,(H,31,34). The van der Waals surface area contributed by atoms with E-state index in [1.807, 2.05) is 6.07 Å². The highest BCUT2D eigenvalue weighted by atomic mass is 32.2. The maximum absolute atomic E-state index is 13.1. The number of rotatable bonds is 9. The maximum atomic E-state index is 13.1. The molecule has 0 unspecified atom stereocenters. The van der Waals surface area contributed by atoms with Gasteiger partial charge in [-0.2, -0.15) is 0 Å². The summed E-state index contributed by atoms with van der Waals surface area (Å²) in [6.45, 7) is 0.271. The third-order valence-corrected chi connectivity index (χ3v) is 7.77. The summed E-state index contributed by atoms with van der Waals surface area (Å²) in [6, 6.07) is 26.8. The van der Waals surface area contributed by atoms with Gasteiger partial charge < -0.3 is 19.7 Å². The van der Waals surface area contributed by atoms with E-state index >= 15 is 0 Å². The first-order chi connectivity index (χ1) is 19.3. The number of para-hydroxylation sites is 1. The number of carbonyl (C=O) groups is 2. The molecule has 1 aliphatic rings. The van der Waals surface area contributed by atoms with Crippen LogP contribution in [0.3, 0.4) is 0 Å². The first-order valence-electron chi connectivity index (χ1n) is 12.5. The Morgan fingerprint density at radius 1 is 0.850 bits per heavy atom. The number of nitrogens with one attached hydrogen (secondary N) is 2. The molecular weight excluding hydrogens is 530 g/mol. The first kappa shape index (κ1) is 26.8. The highest BCUT2D eigenvalue weighted by Crippen LogP contribution is 2.32. The van der Waals surface area contributed by atoms with Gasteiger partial charge >= 0.3 is 0 Å². The van der Waals surface area contributed by atoms with Crippen molar-refractivity contribution in [1.82, 2.24) is 0 Å². The quantitative estimate of drug-likeness (QED) is 0.308. The molecule has 0 saturated carbocycles. The van der Waals surface area contributed by atoms with Crippen molar-refractivity contribution < 1.29 is 27.5 Å². The number of ether oxygens (including phenoxy) is 2. The summed E-state index contributed by atoms with van der Waals surface area (Å²) >= 11 is 0. The molecule has 0 fully saturated rings. The molecule has 204 valence electrons. The molecule has 5 rings (SSSR count). The molecule has 0 bridgehead atoms. The number of sulfonamides is 1. The predicted molar refractivity (Wildman–Crippen MR) is 153 cm³/mol. The summed E-state index contributed by atoms with van der Waals surface area (Å²) in [7, 11) is -2.19. The molecule has 1 heterocycles. The minimum Gasteiger partial charge on any atom is -0.497 e. The summed E-state index contributed by atoms with van der Waals surface area (Å²) < 4.78 is 38.4. The molecule has 0 atom stereocenters. The van der Waals surface area contributed by atoms with Crippen LogP contribution in [-0.2, 0) is 21.2 Å². The lowest BCUT2D eigenvalue weighted by atomic mass is 10.1. The Morgan fingerprint density at radius 3 is 2.25 bits per heavy atom. The van der Waals surface area contributed by atoms with Gasteiger partial charge in [0.15, 0.2) is 6.61 Å². The second-order valence-corrected chi connectivity index (χ2v) is 10.7. The van der Waals surface area contributed by atoms with Crippen LogP contribution in [-0.4, -0.2) is 40.5 Å². The van der Waals surface area contributed by atoms with Gasteiger partial charge in [0.05, 0.1) is 12.0 Å². The smallest absolute Gasteiger partial charge is 0.262 e. The summed E-state index contributed by atoms with van der Waals surface area (Å²) in [5, 5.41) is 2.79. The van der Waals surface area contributed by atoms with Crippen molar-refractivity contribution in [1.29, 1.82) is 0 Å². The topological polar surface area (TPSA) is 114 Å². The van der Waals surface area contributed by atoms with Crippen molar-refractivity contribution in [3.8, 4) is 11.5 Å². The second kappa shape index (κ2) is 11.5. The molecule has 0 aromatic heterocycles. The van der Waals surface area contributed by atoms with E-state index in [2.05, 4.69) is 10.0 Å². The fourth-order valence-electron chi connectivity index (χ4n) is 4.34. The van der Waals surface area contributed by atoms with Crippen LogP contribution in [0.15, 0.2) is 102 Å². The summed E-state index contributed by atoms with van der Waals surface area (Å²) in [4.78, 5) is 27.5. The molecule has 1 aliphatic heterocycles. The highest BCUT2D eigenvalue weighted by Gasteiger charge is 2.26. The molecule has 2 amide bonds. The zero-order chi connectivity index (χ0) is 28.1. The maximum Gasteiger partial charge on any atom is 0.262 e. The molecule has 4 aromatic carbocycles. The van der Waals surface area contributed by atoms with E-state index in [0.29, 0.717) is 35.0 Å². The van der Waals surface area contributed by atoms with Crippen molar-refractivity contribution in [3.63, 3.8) is 0 Å². The predicted octanol–water partition coefficient (Wildman–Crippen LogP) is 4.72. The van der Waals surface area contributed by atoms with Gasteiger partial charge in [0.25, 0.3) is 21.8 Å². The number of anilines is 3. The Labute approximate surface area is 232 Å². The normalized spacial score (nSPS) is 12.4. The van der Waals surface area contributed by atoms with Gasteiger partial charge in [-0.3, -0.25) is 14.3 Å². The van der Waals surface area contributed by atoms with E-state index in [9.17, 15) is 18.0 Å². The molecular formula is C30H27N3O6S. The molecule has 10 heteroatoms.